The Morgan fingerprint density at radius 2 is 1.13 bits per heavy atom. The Morgan fingerprint density at radius 3 is 1.95 bits per heavy atom. The van der Waals surface area contributed by atoms with Gasteiger partial charge in [0.05, 0.1) is 11.3 Å². The minimum atomic E-state index is -4.47. The van der Waals surface area contributed by atoms with E-state index in [2.05, 4.69) is 72.6 Å². The highest BCUT2D eigenvalue weighted by molar-refractivity contribution is 6.19. The number of fused-ring (bicyclic) bond motifs is 6. The van der Waals surface area contributed by atoms with E-state index in [-0.39, 0.29) is 5.39 Å². The van der Waals surface area contributed by atoms with Gasteiger partial charge in [0.25, 0.3) is 0 Å². The van der Waals surface area contributed by atoms with Crippen molar-refractivity contribution in [2.45, 2.75) is 13.1 Å². The van der Waals surface area contributed by atoms with E-state index in [0.29, 0.717) is 16.6 Å². The number of nitrogens with zero attached hydrogens (tertiary/aromatic N) is 1. The summed E-state index contributed by atoms with van der Waals surface area (Å²) in [6.07, 6.45) is -2.78. The average Bonchev–Trinajstić information content (AvgIpc) is 2.95. The molecule has 0 radical (unpaired) electrons. The number of benzene rings is 6. The second-order valence-corrected chi connectivity index (χ2v) is 10.0. The van der Waals surface area contributed by atoms with Crippen LogP contribution in [0.4, 0.5) is 13.2 Å². The first kappa shape index (κ1) is 23.4. The van der Waals surface area contributed by atoms with Gasteiger partial charge in [-0.2, -0.15) is 13.2 Å². The molecule has 0 aliphatic rings. The van der Waals surface area contributed by atoms with Crippen LogP contribution in [-0.4, -0.2) is 4.98 Å². The van der Waals surface area contributed by atoms with Crippen molar-refractivity contribution in [3.05, 3.63) is 127 Å². The predicted octanol–water partition coefficient (Wildman–Crippen LogP) is 10.4. The highest BCUT2D eigenvalue weighted by Gasteiger charge is 2.33. The Balaban J connectivity index is 1.42. The van der Waals surface area contributed by atoms with Crippen LogP contribution in [0.2, 0.25) is 0 Å². The van der Waals surface area contributed by atoms with Gasteiger partial charge in [-0.05, 0) is 80.0 Å². The molecule has 0 atom stereocenters. The predicted molar refractivity (Wildman–Crippen MR) is 155 cm³/mol. The molecule has 39 heavy (non-hydrogen) atoms. The number of hydrogen-bond donors (Lipinski definition) is 0. The van der Waals surface area contributed by atoms with Crippen molar-refractivity contribution >= 4 is 43.1 Å². The summed E-state index contributed by atoms with van der Waals surface area (Å²) in [4.78, 5) is 4.56. The molecule has 0 saturated heterocycles. The van der Waals surface area contributed by atoms with Crippen LogP contribution in [-0.2, 0) is 6.18 Å². The number of hydrogen-bond acceptors (Lipinski definition) is 1. The van der Waals surface area contributed by atoms with Gasteiger partial charge in [-0.3, -0.25) is 4.98 Å². The number of pyridine rings is 1. The number of alkyl halides is 3. The molecule has 0 saturated carbocycles. The summed E-state index contributed by atoms with van der Waals surface area (Å²) >= 11 is 0. The van der Waals surface area contributed by atoms with Gasteiger partial charge in [-0.15, -0.1) is 0 Å². The molecule has 1 nitrogen and oxygen atoms in total. The third-order valence-corrected chi connectivity index (χ3v) is 7.58. The maximum absolute atomic E-state index is 14.0. The fraction of sp³-hybridized carbons (Fsp3) is 0.0571. The maximum Gasteiger partial charge on any atom is 0.417 e. The number of rotatable bonds is 2. The summed E-state index contributed by atoms with van der Waals surface area (Å²) in [6.45, 7) is 2.08. The van der Waals surface area contributed by atoms with E-state index in [9.17, 15) is 13.2 Å². The second kappa shape index (κ2) is 8.67. The molecular weight excluding hydrogens is 491 g/mol. The third-order valence-electron chi connectivity index (χ3n) is 7.58. The molecule has 4 heteroatoms. The van der Waals surface area contributed by atoms with E-state index < -0.39 is 11.7 Å². The molecule has 1 aromatic heterocycles. The van der Waals surface area contributed by atoms with Crippen molar-refractivity contribution in [1.29, 1.82) is 0 Å². The molecule has 0 aliphatic heterocycles. The molecule has 7 aromatic rings. The van der Waals surface area contributed by atoms with E-state index in [4.69, 9.17) is 0 Å². The van der Waals surface area contributed by atoms with Crippen LogP contribution in [0, 0.1) is 6.92 Å². The van der Waals surface area contributed by atoms with Crippen LogP contribution < -0.4 is 0 Å². The normalized spacial score (nSPS) is 12.1. The second-order valence-electron chi connectivity index (χ2n) is 10.0. The summed E-state index contributed by atoms with van der Waals surface area (Å²) in [7, 11) is 0. The lowest BCUT2D eigenvalue weighted by Gasteiger charge is -2.15. The Morgan fingerprint density at radius 1 is 0.513 bits per heavy atom. The lowest BCUT2D eigenvalue weighted by atomic mass is 9.92. The molecule has 0 fully saturated rings. The van der Waals surface area contributed by atoms with E-state index >= 15 is 0 Å². The van der Waals surface area contributed by atoms with Crippen LogP contribution in [0.15, 0.2) is 115 Å². The minimum Gasteiger partial charge on any atom is -0.256 e. The van der Waals surface area contributed by atoms with Crippen LogP contribution in [0.25, 0.3) is 65.5 Å². The Labute approximate surface area is 223 Å². The summed E-state index contributed by atoms with van der Waals surface area (Å²) in [5.74, 6) is 0. The zero-order valence-corrected chi connectivity index (χ0v) is 21.1. The molecule has 0 spiro atoms. The van der Waals surface area contributed by atoms with Crippen LogP contribution in [0.1, 0.15) is 11.1 Å². The highest BCUT2D eigenvalue weighted by atomic mass is 19.4. The van der Waals surface area contributed by atoms with Crippen molar-refractivity contribution in [2.24, 2.45) is 0 Å². The van der Waals surface area contributed by atoms with Crippen LogP contribution in [0.5, 0.6) is 0 Å². The molecule has 0 amide bonds. The summed E-state index contributed by atoms with van der Waals surface area (Å²) in [6, 6.07) is 34.8. The summed E-state index contributed by atoms with van der Waals surface area (Å²) < 4.78 is 42.1. The molecule has 1 heterocycles. The fourth-order valence-electron chi connectivity index (χ4n) is 5.65. The van der Waals surface area contributed by atoms with Crippen LogP contribution in [0.3, 0.4) is 0 Å². The van der Waals surface area contributed by atoms with Gasteiger partial charge in [0, 0.05) is 17.1 Å². The van der Waals surface area contributed by atoms with E-state index in [1.807, 2.05) is 12.1 Å². The van der Waals surface area contributed by atoms with Gasteiger partial charge < -0.3 is 0 Å². The number of aryl methyl sites for hydroxylation is 1. The minimum absolute atomic E-state index is 0.191. The average molecular weight is 514 g/mol. The molecule has 0 aliphatic carbocycles. The molecule has 6 aromatic carbocycles. The molecule has 0 bridgehead atoms. The summed E-state index contributed by atoms with van der Waals surface area (Å²) in [5.41, 5.74) is 3.90. The number of aromatic nitrogens is 1. The first-order valence-corrected chi connectivity index (χ1v) is 12.8. The van der Waals surface area contributed by atoms with Crippen LogP contribution >= 0.6 is 0 Å². The maximum atomic E-state index is 14.0. The first-order valence-electron chi connectivity index (χ1n) is 12.8. The zero-order chi connectivity index (χ0) is 26.7. The van der Waals surface area contributed by atoms with Gasteiger partial charge in [0.15, 0.2) is 0 Å². The van der Waals surface area contributed by atoms with Gasteiger partial charge in [-0.1, -0.05) is 90.5 Å². The van der Waals surface area contributed by atoms with Crippen molar-refractivity contribution in [2.75, 3.05) is 0 Å². The van der Waals surface area contributed by atoms with Gasteiger partial charge in [-0.25, -0.2) is 0 Å². The molecule has 7 rings (SSSR count). The fourth-order valence-corrected chi connectivity index (χ4v) is 5.65. The van der Waals surface area contributed by atoms with E-state index in [1.54, 1.807) is 30.5 Å². The van der Waals surface area contributed by atoms with Crippen molar-refractivity contribution in [3.63, 3.8) is 0 Å². The van der Waals surface area contributed by atoms with Gasteiger partial charge in [0.1, 0.15) is 0 Å². The third kappa shape index (κ3) is 3.91. The van der Waals surface area contributed by atoms with Crippen molar-refractivity contribution in [3.8, 4) is 22.4 Å². The Hall–Kier alpha value is -4.70. The van der Waals surface area contributed by atoms with E-state index in [1.165, 1.54) is 23.3 Å². The van der Waals surface area contributed by atoms with Crippen molar-refractivity contribution in [1.82, 2.24) is 4.98 Å². The molecular formula is C35H22F3N. The number of halogens is 3. The van der Waals surface area contributed by atoms with E-state index in [0.717, 1.165) is 37.9 Å². The van der Waals surface area contributed by atoms with Crippen molar-refractivity contribution < 1.29 is 13.2 Å². The van der Waals surface area contributed by atoms with Gasteiger partial charge in [0.2, 0.25) is 0 Å². The molecule has 0 unspecified atom stereocenters. The monoisotopic (exact) mass is 513 g/mol. The first-order chi connectivity index (χ1) is 18.9. The SMILES string of the molecule is Cc1ccc(-c2ccc3c(ccc4c5ccnc(-c6cc(C(F)(F)F)c7ccccc7c6)c5ccc34)c2)cc1. The topological polar surface area (TPSA) is 12.9 Å². The summed E-state index contributed by atoms with van der Waals surface area (Å²) in [5, 5.41) is 6.93. The Kier molecular flexibility index (Phi) is 5.21. The van der Waals surface area contributed by atoms with Gasteiger partial charge >= 0.3 is 6.18 Å². The lowest BCUT2D eigenvalue weighted by molar-refractivity contribution is -0.136. The molecule has 188 valence electrons. The Bertz CT molecular complexity index is 2050. The smallest absolute Gasteiger partial charge is 0.256 e. The highest BCUT2D eigenvalue weighted by Crippen LogP contribution is 2.40. The zero-order valence-electron chi connectivity index (χ0n) is 21.1. The molecule has 0 N–H and O–H groups in total. The standard InChI is InChI=1S/C35H22F3N/c1-21-6-8-22(9-7-21)23-10-12-27-25(18-23)11-13-30-29(27)14-15-32-31(30)16-17-39-34(32)26-19-24-4-2-3-5-28(24)33(20-26)35(36,37)38/h2-20H,1H3. The largest absolute Gasteiger partial charge is 0.417 e. The lowest BCUT2D eigenvalue weighted by Crippen LogP contribution is -2.06. The quantitative estimate of drug-likeness (QED) is 0.210.